The van der Waals surface area contributed by atoms with E-state index in [1.54, 1.807) is 6.07 Å². The standard InChI is InChI=1S/C28H27N3O2S/c1-22-18-25-14-8-9-15-27(25)31(22)28-17-16-26(19-29-28)34(32,33)30(20-23-10-4-2-5-11-23)21-24-12-6-3-7-13-24/h2-17,19,22H,18,20-21H2,1H3. The summed E-state index contributed by atoms with van der Waals surface area (Å²) in [5.41, 5.74) is 4.29. The second-order valence-electron chi connectivity index (χ2n) is 8.65. The summed E-state index contributed by atoms with van der Waals surface area (Å²) in [6, 6.07) is 31.4. The summed E-state index contributed by atoms with van der Waals surface area (Å²) in [4.78, 5) is 6.97. The lowest BCUT2D eigenvalue weighted by Crippen LogP contribution is -2.30. The van der Waals surface area contributed by atoms with E-state index >= 15 is 0 Å². The zero-order chi connectivity index (χ0) is 23.5. The van der Waals surface area contributed by atoms with Gasteiger partial charge in [-0.15, -0.1) is 0 Å². The molecule has 6 heteroatoms. The van der Waals surface area contributed by atoms with Crippen LogP contribution in [-0.4, -0.2) is 23.7 Å². The maximum atomic E-state index is 13.7. The van der Waals surface area contributed by atoms with Crippen LogP contribution in [0.5, 0.6) is 0 Å². The average Bonchev–Trinajstić information content (AvgIpc) is 3.20. The lowest BCUT2D eigenvalue weighted by molar-refractivity contribution is 0.401. The molecule has 0 fully saturated rings. The number of hydrogen-bond acceptors (Lipinski definition) is 4. The Bertz CT molecular complexity index is 1320. The molecular formula is C28H27N3O2S. The number of benzene rings is 3. The molecule has 1 unspecified atom stereocenters. The molecule has 0 bridgehead atoms. The highest BCUT2D eigenvalue weighted by molar-refractivity contribution is 7.89. The molecule has 34 heavy (non-hydrogen) atoms. The Hall–Kier alpha value is -3.48. The number of anilines is 2. The number of para-hydroxylation sites is 1. The molecule has 0 aliphatic carbocycles. The van der Waals surface area contributed by atoms with E-state index in [9.17, 15) is 8.42 Å². The van der Waals surface area contributed by atoms with Crippen LogP contribution in [0.2, 0.25) is 0 Å². The van der Waals surface area contributed by atoms with E-state index in [0.29, 0.717) is 0 Å². The third-order valence-electron chi connectivity index (χ3n) is 6.22. The summed E-state index contributed by atoms with van der Waals surface area (Å²) >= 11 is 0. The van der Waals surface area contributed by atoms with Gasteiger partial charge in [0.2, 0.25) is 10.0 Å². The number of hydrogen-bond donors (Lipinski definition) is 0. The van der Waals surface area contributed by atoms with E-state index in [-0.39, 0.29) is 24.0 Å². The number of nitrogens with zero attached hydrogens (tertiary/aromatic N) is 3. The average molecular weight is 470 g/mol. The maximum absolute atomic E-state index is 13.7. The molecule has 0 N–H and O–H groups in total. The molecule has 1 aromatic heterocycles. The fourth-order valence-electron chi connectivity index (χ4n) is 4.53. The molecule has 0 spiro atoms. The Morgan fingerprint density at radius 1 is 0.824 bits per heavy atom. The fraction of sp³-hybridized carbons (Fsp3) is 0.179. The third kappa shape index (κ3) is 4.47. The van der Waals surface area contributed by atoms with Crippen molar-refractivity contribution >= 4 is 21.5 Å². The number of rotatable bonds is 7. The predicted octanol–water partition coefficient (Wildman–Crippen LogP) is 5.56. The first-order valence-electron chi connectivity index (χ1n) is 11.4. The van der Waals surface area contributed by atoms with Crippen molar-refractivity contribution in [1.82, 2.24) is 9.29 Å². The van der Waals surface area contributed by atoms with Gasteiger partial charge < -0.3 is 4.90 Å². The molecule has 172 valence electrons. The van der Waals surface area contributed by atoms with Crippen molar-refractivity contribution in [2.45, 2.75) is 37.4 Å². The van der Waals surface area contributed by atoms with E-state index in [0.717, 1.165) is 29.1 Å². The van der Waals surface area contributed by atoms with E-state index in [4.69, 9.17) is 0 Å². The summed E-state index contributed by atoms with van der Waals surface area (Å²) in [6.45, 7) is 2.74. The topological polar surface area (TPSA) is 53.5 Å². The Morgan fingerprint density at radius 3 is 2.00 bits per heavy atom. The predicted molar refractivity (Wildman–Crippen MR) is 135 cm³/mol. The van der Waals surface area contributed by atoms with Crippen LogP contribution in [0.4, 0.5) is 11.5 Å². The largest absolute Gasteiger partial charge is 0.323 e. The van der Waals surface area contributed by atoms with Crippen molar-refractivity contribution in [1.29, 1.82) is 0 Å². The van der Waals surface area contributed by atoms with E-state index in [1.807, 2.05) is 78.9 Å². The Morgan fingerprint density at radius 2 is 1.41 bits per heavy atom. The molecule has 0 radical (unpaired) electrons. The first-order valence-corrected chi connectivity index (χ1v) is 12.9. The zero-order valence-corrected chi connectivity index (χ0v) is 19.9. The Kier molecular flexibility index (Phi) is 6.18. The van der Waals surface area contributed by atoms with Crippen molar-refractivity contribution in [2.24, 2.45) is 0 Å². The van der Waals surface area contributed by atoms with Gasteiger partial charge in [0.25, 0.3) is 0 Å². The second-order valence-corrected chi connectivity index (χ2v) is 10.6. The van der Waals surface area contributed by atoms with Gasteiger partial charge >= 0.3 is 0 Å². The van der Waals surface area contributed by atoms with Gasteiger partial charge in [-0.2, -0.15) is 4.31 Å². The molecule has 0 amide bonds. The van der Waals surface area contributed by atoms with Gasteiger partial charge in [-0.05, 0) is 48.2 Å². The van der Waals surface area contributed by atoms with Gasteiger partial charge in [0.1, 0.15) is 10.7 Å². The number of aromatic nitrogens is 1. The fourth-order valence-corrected chi connectivity index (χ4v) is 5.89. The molecule has 1 atom stereocenters. The van der Waals surface area contributed by atoms with Gasteiger partial charge in [-0.1, -0.05) is 78.9 Å². The lowest BCUT2D eigenvalue weighted by atomic mass is 10.1. The van der Waals surface area contributed by atoms with Crippen LogP contribution < -0.4 is 4.90 Å². The summed E-state index contributed by atoms with van der Waals surface area (Å²) in [6.07, 6.45) is 2.43. The highest BCUT2D eigenvalue weighted by Crippen LogP contribution is 2.37. The monoisotopic (exact) mass is 469 g/mol. The quantitative estimate of drug-likeness (QED) is 0.356. The molecule has 1 aliphatic rings. The number of pyridine rings is 1. The minimum atomic E-state index is -3.76. The molecule has 2 heterocycles. The van der Waals surface area contributed by atoms with E-state index in [2.05, 4.69) is 28.9 Å². The lowest BCUT2D eigenvalue weighted by Gasteiger charge is -2.25. The molecule has 1 aliphatic heterocycles. The first kappa shape index (κ1) is 22.3. The summed E-state index contributed by atoms with van der Waals surface area (Å²) in [5.74, 6) is 0.758. The van der Waals surface area contributed by atoms with Crippen LogP contribution in [0.15, 0.2) is 108 Å². The van der Waals surface area contributed by atoms with Crippen molar-refractivity contribution < 1.29 is 8.42 Å². The van der Waals surface area contributed by atoms with E-state index < -0.39 is 10.0 Å². The molecular weight excluding hydrogens is 442 g/mol. The molecule has 5 nitrogen and oxygen atoms in total. The van der Waals surface area contributed by atoms with Crippen LogP contribution in [0.25, 0.3) is 0 Å². The van der Waals surface area contributed by atoms with Crippen LogP contribution in [0.3, 0.4) is 0 Å². The minimum absolute atomic E-state index is 0.197. The van der Waals surface area contributed by atoms with Gasteiger partial charge in [0.05, 0.1) is 0 Å². The van der Waals surface area contributed by atoms with Crippen LogP contribution in [0, 0.1) is 0 Å². The highest BCUT2D eigenvalue weighted by atomic mass is 32.2. The van der Waals surface area contributed by atoms with Crippen molar-refractivity contribution in [2.75, 3.05) is 4.90 Å². The molecule has 4 aromatic rings. The van der Waals surface area contributed by atoms with Crippen LogP contribution >= 0.6 is 0 Å². The van der Waals surface area contributed by atoms with Gasteiger partial charge in [-0.25, -0.2) is 13.4 Å². The number of sulfonamides is 1. The number of fused-ring (bicyclic) bond motifs is 1. The smallest absolute Gasteiger partial charge is 0.245 e. The molecule has 0 saturated heterocycles. The van der Waals surface area contributed by atoms with Gasteiger partial charge in [0, 0.05) is 31.0 Å². The van der Waals surface area contributed by atoms with E-state index in [1.165, 1.54) is 16.1 Å². The van der Waals surface area contributed by atoms with Gasteiger partial charge in [-0.3, -0.25) is 0 Å². The molecule has 3 aromatic carbocycles. The SMILES string of the molecule is CC1Cc2ccccc2N1c1ccc(S(=O)(=O)N(Cc2ccccc2)Cc2ccccc2)cn1. The molecule has 5 rings (SSSR count). The minimum Gasteiger partial charge on any atom is -0.323 e. The van der Waals surface area contributed by atoms with Crippen molar-refractivity contribution in [3.63, 3.8) is 0 Å². The summed E-state index contributed by atoms with van der Waals surface area (Å²) in [7, 11) is -3.76. The maximum Gasteiger partial charge on any atom is 0.245 e. The van der Waals surface area contributed by atoms with Gasteiger partial charge in [0.15, 0.2) is 0 Å². The Labute approximate surface area is 201 Å². The second kappa shape index (κ2) is 9.41. The molecule has 0 saturated carbocycles. The highest BCUT2D eigenvalue weighted by Gasteiger charge is 2.29. The summed E-state index contributed by atoms with van der Waals surface area (Å²) in [5, 5.41) is 0. The Balaban J connectivity index is 1.45. The van der Waals surface area contributed by atoms with Crippen molar-refractivity contribution in [3.05, 3.63) is 120 Å². The van der Waals surface area contributed by atoms with Crippen LogP contribution in [-0.2, 0) is 29.5 Å². The normalized spacial score (nSPS) is 15.5. The summed E-state index contributed by atoms with van der Waals surface area (Å²) < 4.78 is 28.9. The first-order chi connectivity index (χ1) is 16.5. The third-order valence-corrected chi connectivity index (χ3v) is 7.99. The van der Waals surface area contributed by atoms with Crippen LogP contribution in [0.1, 0.15) is 23.6 Å². The zero-order valence-electron chi connectivity index (χ0n) is 19.1. The van der Waals surface area contributed by atoms with Crippen molar-refractivity contribution in [3.8, 4) is 0 Å².